The minimum absolute atomic E-state index is 0.0210. The van der Waals surface area contributed by atoms with Crippen molar-refractivity contribution in [2.45, 2.75) is 31.7 Å². The number of aryl methyl sites for hydroxylation is 1. The highest BCUT2D eigenvalue weighted by Gasteiger charge is 2.43. The van der Waals surface area contributed by atoms with Crippen LogP contribution in [0, 0.1) is 6.92 Å². The van der Waals surface area contributed by atoms with Crippen molar-refractivity contribution in [1.29, 1.82) is 0 Å². The molecule has 1 aromatic carbocycles. The van der Waals surface area contributed by atoms with Crippen LogP contribution in [0.15, 0.2) is 18.2 Å². The maximum atomic E-state index is 13.0. The van der Waals surface area contributed by atoms with Crippen LogP contribution in [0.2, 0.25) is 5.02 Å². The van der Waals surface area contributed by atoms with E-state index in [1.807, 2.05) is 28.9 Å². The maximum Gasteiger partial charge on any atom is 0.253 e. The molecule has 148 valence electrons. The minimum Gasteiger partial charge on any atom is -0.381 e. The molecule has 2 fully saturated rings. The number of methoxy groups -OCH3 is 1. The molecule has 0 aliphatic carbocycles. The second kappa shape index (κ2) is 8.59. The average Bonchev–Trinajstić information content (AvgIpc) is 2.81. The summed E-state index contributed by atoms with van der Waals surface area (Å²) >= 11 is 6.13. The lowest BCUT2D eigenvalue weighted by Crippen LogP contribution is -2.55. The Hall–Kier alpha value is -1.63. The monoisotopic (exact) mass is 394 g/mol. The van der Waals surface area contributed by atoms with E-state index < -0.39 is 0 Å². The molecule has 0 bridgehead atoms. The van der Waals surface area contributed by atoms with Crippen LogP contribution in [0.1, 0.15) is 35.2 Å². The molecule has 2 aliphatic rings. The number of benzene rings is 1. The SMILES string of the molecule is COCC(=O)N1CCN(C(=O)c2cc(C)cc(Cl)c2)CCC12CCOCC2. The van der Waals surface area contributed by atoms with E-state index in [1.165, 1.54) is 7.11 Å². The molecule has 1 spiro atoms. The van der Waals surface area contributed by atoms with Crippen molar-refractivity contribution in [3.63, 3.8) is 0 Å². The van der Waals surface area contributed by atoms with E-state index in [0.29, 0.717) is 43.4 Å². The Bertz CT molecular complexity index is 683. The number of hydrogen-bond acceptors (Lipinski definition) is 4. The van der Waals surface area contributed by atoms with Crippen LogP contribution in [-0.2, 0) is 14.3 Å². The Balaban J connectivity index is 1.81. The smallest absolute Gasteiger partial charge is 0.253 e. The number of carbonyl (C=O) groups is 2. The van der Waals surface area contributed by atoms with Crippen LogP contribution in [0.5, 0.6) is 0 Å². The van der Waals surface area contributed by atoms with E-state index in [4.69, 9.17) is 21.1 Å². The molecule has 2 saturated heterocycles. The van der Waals surface area contributed by atoms with Crippen LogP contribution >= 0.6 is 11.6 Å². The van der Waals surface area contributed by atoms with Crippen molar-refractivity contribution in [3.8, 4) is 0 Å². The second-order valence-electron chi connectivity index (χ2n) is 7.37. The van der Waals surface area contributed by atoms with Gasteiger partial charge in [-0.15, -0.1) is 0 Å². The fraction of sp³-hybridized carbons (Fsp3) is 0.600. The van der Waals surface area contributed by atoms with Crippen LogP contribution < -0.4 is 0 Å². The van der Waals surface area contributed by atoms with Gasteiger partial charge in [0.1, 0.15) is 6.61 Å². The molecule has 2 amide bonds. The topological polar surface area (TPSA) is 59.1 Å². The summed E-state index contributed by atoms with van der Waals surface area (Å²) in [6.45, 7) is 4.88. The number of nitrogens with zero attached hydrogens (tertiary/aromatic N) is 2. The summed E-state index contributed by atoms with van der Waals surface area (Å²) in [5, 5.41) is 0.561. The molecular formula is C20H27ClN2O4. The van der Waals surface area contributed by atoms with Crippen molar-refractivity contribution in [1.82, 2.24) is 9.80 Å². The summed E-state index contributed by atoms with van der Waals surface area (Å²) in [7, 11) is 1.53. The lowest BCUT2D eigenvalue weighted by atomic mass is 9.84. The molecular weight excluding hydrogens is 368 g/mol. The molecule has 2 heterocycles. The van der Waals surface area contributed by atoms with Crippen molar-refractivity contribution >= 4 is 23.4 Å². The number of hydrogen-bond donors (Lipinski definition) is 0. The Morgan fingerprint density at radius 3 is 2.56 bits per heavy atom. The Morgan fingerprint density at radius 2 is 1.89 bits per heavy atom. The molecule has 0 radical (unpaired) electrons. The first-order valence-corrected chi connectivity index (χ1v) is 9.77. The summed E-state index contributed by atoms with van der Waals surface area (Å²) in [5.74, 6) is -0.0591. The highest BCUT2D eigenvalue weighted by molar-refractivity contribution is 6.31. The van der Waals surface area contributed by atoms with Gasteiger partial charge in [-0.25, -0.2) is 0 Å². The number of amides is 2. The number of rotatable bonds is 3. The van der Waals surface area contributed by atoms with Crippen molar-refractivity contribution < 1.29 is 19.1 Å². The van der Waals surface area contributed by atoms with Crippen LogP contribution in [0.25, 0.3) is 0 Å². The zero-order valence-electron chi connectivity index (χ0n) is 16.0. The minimum atomic E-state index is -0.257. The third kappa shape index (κ3) is 4.45. The summed E-state index contributed by atoms with van der Waals surface area (Å²) in [5.41, 5.74) is 1.30. The zero-order chi connectivity index (χ0) is 19.4. The molecule has 7 heteroatoms. The van der Waals surface area contributed by atoms with E-state index in [-0.39, 0.29) is 24.0 Å². The lowest BCUT2D eigenvalue weighted by Gasteiger charge is -2.45. The van der Waals surface area contributed by atoms with Crippen LogP contribution in [0.3, 0.4) is 0 Å². The number of halogens is 1. The highest BCUT2D eigenvalue weighted by Crippen LogP contribution is 2.34. The third-order valence-corrected chi connectivity index (χ3v) is 5.80. The standard InChI is InChI=1S/C20H27ClN2O4/c1-15-11-16(13-17(21)12-15)19(25)22-6-3-20(4-9-27-10-5-20)23(8-7-22)18(24)14-26-2/h11-13H,3-10,14H2,1-2H3. The fourth-order valence-electron chi connectivity index (χ4n) is 4.16. The Labute approximate surface area is 165 Å². The van der Waals surface area contributed by atoms with Gasteiger partial charge in [-0.1, -0.05) is 11.6 Å². The zero-order valence-corrected chi connectivity index (χ0v) is 16.8. The van der Waals surface area contributed by atoms with E-state index in [0.717, 1.165) is 24.8 Å². The van der Waals surface area contributed by atoms with Crippen LogP contribution in [0.4, 0.5) is 0 Å². The third-order valence-electron chi connectivity index (χ3n) is 5.58. The first-order chi connectivity index (χ1) is 12.9. The van der Waals surface area contributed by atoms with E-state index in [9.17, 15) is 9.59 Å². The van der Waals surface area contributed by atoms with Gasteiger partial charge in [0.2, 0.25) is 5.91 Å². The van der Waals surface area contributed by atoms with Gasteiger partial charge in [0, 0.05) is 56.1 Å². The molecule has 0 atom stereocenters. The quantitative estimate of drug-likeness (QED) is 0.790. The molecule has 0 unspecified atom stereocenters. The van der Waals surface area contributed by atoms with Gasteiger partial charge in [0.05, 0.1) is 0 Å². The number of carbonyl (C=O) groups excluding carboxylic acids is 2. The predicted molar refractivity (Wildman–Crippen MR) is 103 cm³/mol. The lowest BCUT2D eigenvalue weighted by molar-refractivity contribution is -0.145. The van der Waals surface area contributed by atoms with Crippen molar-refractivity contribution in [2.75, 3.05) is 46.6 Å². The largest absolute Gasteiger partial charge is 0.381 e. The molecule has 6 nitrogen and oxygen atoms in total. The molecule has 2 aliphatic heterocycles. The van der Waals surface area contributed by atoms with Gasteiger partial charge >= 0.3 is 0 Å². The van der Waals surface area contributed by atoms with E-state index >= 15 is 0 Å². The van der Waals surface area contributed by atoms with E-state index in [2.05, 4.69) is 0 Å². The first kappa shape index (κ1) is 20.1. The first-order valence-electron chi connectivity index (χ1n) is 9.39. The fourth-order valence-corrected chi connectivity index (χ4v) is 4.44. The van der Waals surface area contributed by atoms with Gasteiger partial charge in [0.25, 0.3) is 5.91 Å². The van der Waals surface area contributed by atoms with Gasteiger partial charge < -0.3 is 19.3 Å². The molecule has 0 N–H and O–H groups in total. The predicted octanol–water partition coefficient (Wildman–Crippen LogP) is 2.52. The van der Waals surface area contributed by atoms with Gasteiger partial charge in [-0.2, -0.15) is 0 Å². The summed E-state index contributed by atoms with van der Waals surface area (Å²) in [6, 6.07) is 5.40. The molecule has 1 aromatic rings. The molecule has 3 rings (SSSR count). The van der Waals surface area contributed by atoms with Gasteiger partial charge in [0.15, 0.2) is 0 Å². The second-order valence-corrected chi connectivity index (χ2v) is 7.81. The van der Waals surface area contributed by atoms with Crippen molar-refractivity contribution in [2.24, 2.45) is 0 Å². The van der Waals surface area contributed by atoms with Gasteiger partial charge in [-0.05, 0) is 49.9 Å². The molecule has 27 heavy (non-hydrogen) atoms. The van der Waals surface area contributed by atoms with E-state index in [1.54, 1.807) is 6.07 Å². The van der Waals surface area contributed by atoms with Crippen molar-refractivity contribution in [3.05, 3.63) is 34.3 Å². The average molecular weight is 395 g/mol. The Kier molecular flexibility index (Phi) is 6.40. The van der Waals surface area contributed by atoms with Crippen LogP contribution in [-0.4, -0.2) is 73.7 Å². The summed E-state index contributed by atoms with van der Waals surface area (Å²) in [6.07, 6.45) is 2.33. The maximum absolute atomic E-state index is 13.0. The Morgan fingerprint density at radius 1 is 1.15 bits per heavy atom. The summed E-state index contributed by atoms with van der Waals surface area (Å²) < 4.78 is 10.6. The van der Waals surface area contributed by atoms with Gasteiger partial charge in [-0.3, -0.25) is 9.59 Å². The highest BCUT2D eigenvalue weighted by atomic mass is 35.5. The normalized spacial score (nSPS) is 19.8. The summed E-state index contributed by atoms with van der Waals surface area (Å²) in [4.78, 5) is 29.5. The molecule has 0 aromatic heterocycles. The molecule has 0 saturated carbocycles. The number of ether oxygens (including phenoxy) is 2.